The van der Waals surface area contributed by atoms with Crippen LogP contribution in [0.15, 0.2) is 54.3 Å². The summed E-state index contributed by atoms with van der Waals surface area (Å²) < 4.78 is 6.54. The van der Waals surface area contributed by atoms with Gasteiger partial charge in [0.15, 0.2) is 5.76 Å². The molecular formula is C19H16N2O2S. The number of benzene rings is 2. The van der Waals surface area contributed by atoms with Gasteiger partial charge in [-0.3, -0.25) is 0 Å². The lowest BCUT2D eigenvalue weighted by atomic mass is 10.2. The van der Waals surface area contributed by atoms with Crippen molar-refractivity contribution in [2.45, 2.75) is 13.3 Å². The Hall–Kier alpha value is -2.84. The van der Waals surface area contributed by atoms with Crippen LogP contribution in [0, 0.1) is 11.3 Å². The minimum Gasteiger partial charge on any atom is -0.507 e. The van der Waals surface area contributed by atoms with Gasteiger partial charge in [-0.2, -0.15) is 5.26 Å². The van der Waals surface area contributed by atoms with Crippen LogP contribution in [0.25, 0.3) is 15.8 Å². The maximum Gasteiger partial charge on any atom is 0.151 e. The second-order valence-corrected chi connectivity index (χ2v) is 6.24. The number of aromatic nitrogens is 1. The van der Waals surface area contributed by atoms with E-state index in [4.69, 9.17) is 4.74 Å². The molecule has 0 aliphatic carbocycles. The molecule has 0 unspecified atom stereocenters. The zero-order chi connectivity index (χ0) is 16.9. The number of hydrogen-bond acceptors (Lipinski definition) is 5. The number of nitriles is 1. The number of ether oxygens (including phenoxy) is 1. The number of fused-ring (bicyclic) bond motifs is 1. The Balaban J connectivity index is 1.80. The summed E-state index contributed by atoms with van der Waals surface area (Å²) in [6.07, 6.45) is 0.960. The lowest BCUT2D eigenvalue weighted by Crippen LogP contribution is -2.03. The van der Waals surface area contributed by atoms with E-state index in [-0.39, 0.29) is 17.9 Å². The first kappa shape index (κ1) is 16.0. The van der Waals surface area contributed by atoms with Gasteiger partial charge in [0.2, 0.25) is 0 Å². The van der Waals surface area contributed by atoms with Gasteiger partial charge >= 0.3 is 0 Å². The molecule has 1 N–H and O–H groups in total. The molecule has 2 aromatic carbocycles. The third-order valence-electron chi connectivity index (χ3n) is 3.62. The van der Waals surface area contributed by atoms with E-state index in [1.165, 1.54) is 16.9 Å². The second kappa shape index (κ2) is 7.16. The number of aliphatic hydroxyl groups is 1. The minimum atomic E-state index is -0.115. The molecule has 1 aromatic heterocycles. The smallest absolute Gasteiger partial charge is 0.151 e. The van der Waals surface area contributed by atoms with Crippen LogP contribution in [0.1, 0.15) is 17.5 Å². The Morgan fingerprint density at radius 1 is 1.21 bits per heavy atom. The fraction of sp³-hybridized carbons (Fsp3) is 0.158. The summed E-state index contributed by atoms with van der Waals surface area (Å²) in [6.45, 7) is 2.02. The van der Waals surface area contributed by atoms with Crippen LogP contribution in [-0.2, 0) is 6.42 Å². The highest BCUT2D eigenvalue weighted by molar-refractivity contribution is 7.19. The van der Waals surface area contributed by atoms with Crippen LogP contribution >= 0.6 is 11.3 Å². The van der Waals surface area contributed by atoms with Gasteiger partial charge in [-0.25, -0.2) is 4.98 Å². The molecule has 24 heavy (non-hydrogen) atoms. The quantitative estimate of drug-likeness (QED) is 0.540. The second-order valence-electron chi connectivity index (χ2n) is 5.21. The van der Waals surface area contributed by atoms with Gasteiger partial charge in [-0.05, 0) is 36.2 Å². The molecule has 0 radical (unpaired) electrons. The Labute approximate surface area is 144 Å². The van der Waals surface area contributed by atoms with Gasteiger partial charge in [0.25, 0.3) is 0 Å². The van der Waals surface area contributed by atoms with E-state index in [0.717, 1.165) is 16.6 Å². The van der Waals surface area contributed by atoms with E-state index in [1.807, 2.05) is 54.6 Å². The molecule has 4 nitrogen and oxygen atoms in total. The highest BCUT2D eigenvalue weighted by Gasteiger charge is 2.14. The molecule has 5 heteroatoms. The van der Waals surface area contributed by atoms with Crippen LogP contribution < -0.4 is 4.74 Å². The summed E-state index contributed by atoms with van der Waals surface area (Å²) in [5.74, 6) is 0.538. The van der Waals surface area contributed by atoms with Crippen LogP contribution in [0.3, 0.4) is 0 Å². The predicted octanol–water partition coefficient (Wildman–Crippen LogP) is 4.73. The molecule has 0 aliphatic rings. The van der Waals surface area contributed by atoms with Crippen LogP contribution in [-0.4, -0.2) is 16.7 Å². The lowest BCUT2D eigenvalue weighted by molar-refractivity contribution is 0.272. The summed E-state index contributed by atoms with van der Waals surface area (Å²) in [5, 5.41) is 20.1. The molecular weight excluding hydrogens is 320 g/mol. The Kier molecular flexibility index (Phi) is 4.78. The van der Waals surface area contributed by atoms with E-state index in [0.29, 0.717) is 10.8 Å². The van der Waals surface area contributed by atoms with Crippen LogP contribution in [0.2, 0.25) is 0 Å². The first-order valence-corrected chi connectivity index (χ1v) is 8.42. The number of hydrogen-bond donors (Lipinski definition) is 1. The average molecular weight is 336 g/mol. The normalized spacial score (nSPS) is 11.8. The van der Waals surface area contributed by atoms with Crippen molar-refractivity contribution in [2.24, 2.45) is 0 Å². The average Bonchev–Trinajstić information content (AvgIpc) is 3.04. The van der Waals surface area contributed by atoms with E-state index in [9.17, 15) is 10.4 Å². The van der Waals surface area contributed by atoms with Gasteiger partial charge in [-0.15, -0.1) is 11.3 Å². The summed E-state index contributed by atoms with van der Waals surface area (Å²) in [4.78, 5) is 4.41. The van der Waals surface area contributed by atoms with E-state index < -0.39 is 0 Å². The highest BCUT2D eigenvalue weighted by Crippen LogP contribution is 2.28. The zero-order valence-electron chi connectivity index (χ0n) is 13.2. The fourth-order valence-electron chi connectivity index (χ4n) is 2.26. The van der Waals surface area contributed by atoms with Crippen molar-refractivity contribution < 1.29 is 9.84 Å². The van der Waals surface area contributed by atoms with Crippen molar-refractivity contribution in [2.75, 3.05) is 6.61 Å². The van der Waals surface area contributed by atoms with Crippen LogP contribution in [0.5, 0.6) is 5.75 Å². The van der Waals surface area contributed by atoms with Gasteiger partial charge in [0.05, 0.1) is 10.2 Å². The number of thiazole rings is 1. The maximum absolute atomic E-state index is 10.2. The van der Waals surface area contributed by atoms with Crippen molar-refractivity contribution in [3.8, 4) is 11.8 Å². The Bertz CT molecular complexity index is 887. The van der Waals surface area contributed by atoms with Crippen molar-refractivity contribution >= 4 is 27.1 Å². The number of rotatable bonds is 5. The molecule has 0 saturated heterocycles. The molecule has 3 aromatic rings. The topological polar surface area (TPSA) is 66.1 Å². The lowest BCUT2D eigenvalue weighted by Gasteiger charge is -2.07. The molecule has 0 fully saturated rings. The van der Waals surface area contributed by atoms with Crippen molar-refractivity contribution in [1.82, 2.24) is 4.98 Å². The highest BCUT2D eigenvalue weighted by atomic mass is 32.1. The molecule has 0 amide bonds. The van der Waals surface area contributed by atoms with Gasteiger partial charge in [0, 0.05) is 0 Å². The van der Waals surface area contributed by atoms with Gasteiger partial charge < -0.3 is 9.84 Å². The first-order chi connectivity index (χ1) is 11.7. The largest absolute Gasteiger partial charge is 0.507 e. The van der Waals surface area contributed by atoms with Gasteiger partial charge in [0.1, 0.15) is 29.0 Å². The Morgan fingerprint density at radius 2 is 1.96 bits per heavy atom. The number of nitrogens with zero attached hydrogens (tertiary/aromatic N) is 2. The summed E-state index contributed by atoms with van der Waals surface area (Å²) in [5.41, 5.74) is 2.19. The first-order valence-electron chi connectivity index (χ1n) is 7.61. The maximum atomic E-state index is 10.2. The number of allylic oxidation sites excluding steroid dienone is 1. The van der Waals surface area contributed by atoms with Crippen molar-refractivity contribution in [3.05, 3.63) is 64.9 Å². The van der Waals surface area contributed by atoms with E-state index >= 15 is 0 Å². The van der Waals surface area contributed by atoms with Gasteiger partial charge in [-0.1, -0.05) is 31.2 Å². The minimum absolute atomic E-state index is 0.0652. The van der Waals surface area contributed by atoms with E-state index in [1.54, 1.807) is 0 Å². The zero-order valence-corrected chi connectivity index (χ0v) is 14.0. The SMILES string of the molecule is CCc1ccc(OC/C(O)=C(\C#N)c2nc3ccccc3s2)cc1. The number of aryl methyl sites for hydroxylation is 1. The number of aliphatic hydroxyl groups excluding tert-OH is 1. The summed E-state index contributed by atoms with van der Waals surface area (Å²) >= 11 is 1.38. The molecule has 120 valence electrons. The molecule has 0 aliphatic heterocycles. The molecule has 0 atom stereocenters. The summed E-state index contributed by atoms with van der Waals surface area (Å²) in [7, 11) is 0. The third-order valence-corrected chi connectivity index (χ3v) is 4.67. The monoisotopic (exact) mass is 336 g/mol. The fourth-order valence-corrected chi connectivity index (χ4v) is 3.24. The van der Waals surface area contributed by atoms with Crippen molar-refractivity contribution in [3.63, 3.8) is 0 Å². The number of para-hydroxylation sites is 1. The van der Waals surface area contributed by atoms with E-state index in [2.05, 4.69) is 11.9 Å². The van der Waals surface area contributed by atoms with Crippen molar-refractivity contribution in [1.29, 1.82) is 5.26 Å². The molecule has 0 bridgehead atoms. The Morgan fingerprint density at radius 3 is 2.62 bits per heavy atom. The standard InChI is InChI=1S/C19H16N2O2S/c1-2-13-7-9-14(10-8-13)23-12-17(22)15(11-20)19-21-16-5-3-4-6-18(16)24-19/h3-10,22H,2,12H2,1H3/b17-15-. The molecule has 0 saturated carbocycles. The predicted molar refractivity (Wildman–Crippen MR) is 96.1 cm³/mol. The third kappa shape index (κ3) is 3.39. The van der Waals surface area contributed by atoms with Crippen LogP contribution in [0.4, 0.5) is 0 Å². The molecule has 1 heterocycles. The molecule has 0 spiro atoms. The summed E-state index contributed by atoms with van der Waals surface area (Å²) in [6, 6.07) is 17.3. The molecule has 3 rings (SSSR count).